The summed E-state index contributed by atoms with van der Waals surface area (Å²) in [4.78, 5) is 36.1. The number of benzene rings is 2. The van der Waals surface area contributed by atoms with Crippen molar-refractivity contribution >= 4 is 35.4 Å². The van der Waals surface area contributed by atoms with Crippen LogP contribution in [0.4, 0.5) is 5.82 Å². The number of carbonyl (C=O) groups is 2. The van der Waals surface area contributed by atoms with Crippen molar-refractivity contribution in [3.05, 3.63) is 94.6 Å². The van der Waals surface area contributed by atoms with Crippen LogP contribution in [0, 0.1) is 0 Å². The van der Waals surface area contributed by atoms with Gasteiger partial charge in [0, 0.05) is 23.0 Å². The second kappa shape index (κ2) is 7.97. The lowest BCUT2D eigenvalue weighted by Gasteiger charge is -2.30. The average molecular weight is 404 g/mol. The van der Waals surface area contributed by atoms with E-state index in [-0.39, 0.29) is 17.9 Å². The fraction of sp³-hybridized carbons (Fsp3) is 0.130. The van der Waals surface area contributed by atoms with Crippen LogP contribution >= 0.6 is 11.6 Å². The molecule has 4 rings (SSSR count). The molecule has 2 heterocycles. The Morgan fingerprint density at radius 3 is 2.52 bits per heavy atom. The zero-order valence-electron chi connectivity index (χ0n) is 15.7. The molecule has 0 fully saturated rings. The molecular formula is C23H18ClN3O2. The minimum Gasteiger partial charge on any atom is -0.288 e. The van der Waals surface area contributed by atoms with Crippen LogP contribution in [0.3, 0.4) is 0 Å². The minimum atomic E-state index is -0.684. The molecule has 1 aliphatic rings. The average Bonchev–Trinajstić information content (AvgIpc) is 2.75. The Morgan fingerprint density at radius 1 is 1.03 bits per heavy atom. The van der Waals surface area contributed by atoms with Crippen LogP contribution in [0.1, 0.15) is 40.4 Å². The van der Waals surface area contributed by atoms with Crippen molar-refractivity contribution < 1.29 is 9.59 Å². The van der Waals surface area contributed by atoms with E-state index in [9.17, 15) is 9.59 Å². The molecular weight excluding hydrogens is 386 g/mol. The van der Waals surface area contributed by atoms with Gasteiger partial charge in [-0.05, 0) is 42.3 Å². The van der Waals surface area contributed by atoms with Crippen molar-refractivity contribution in [2.45, 2.75) is 18.9 Å². The van der Waals surface area contributed by atoms with E-state index in [0.717, 1.165) is 10.5 Å². The molecule has 0 radical (unpaired) electrons. The largest absolute Gasteiger partial charge is 0.288 e. The first-order chi connectivity index (χ1) is 14.1. The van der Waals surface area contributed by atoms with Gasteiger partial charge in [0.15, 0.2) is 0 Å². The van der Waals surface area contributed by atoms with E-state index in [1.807, 2.05) is 37.3 Å². The number of anilines is 1. The molecule has 0 aliphatic carbocycles. The van der Waals surface area contributed by atoms with Gasteiger partial charge in [-0.15, -0.1) is 0 Å². The number of carbonyl (C=O) groups excluding carboxylic acids is 2. The number of imide groups is 1. The van der Waals surface area contributed by atoms with Crippen molar-refractivity contribution in [3.63, 3.8) is 0 Å². The topological polar surface area (TPSA) is 62.6 Å². The SMILES string of the molecule is C[C@@H](N=CC1C(=O)N(c2ccccn2)C(=O)c2ccccc21)c1ccccc1Cl. The second-order valence-corrected chi connectivity index (χ2v) is 7.13. The number of fused-ring (bicyclic) bond motifs is 1. The summed E-state index contributed by atoms with van der Waals surface area (Å²) in [5, 5.41) is 0.623. The Labute approximate surface area is 173 Å². The van der Waals surface area contributed by atoms with Crippen LogP contribution in [0.5, 0.6) is 0 Å². The van der Waals surface area contributed by atoms with E-state index in [1.54, 1.807) is 48.8 Å². The molecule has 0 N–H and O–H groups in total. The summed E-state index contributed by atoms with van der Waals surface area (Å²) in [6.45, 7) is 1.92. The maximum absolute atomic E-state index is 13.3. The molecule has 2 amide bonds. The standard InChI is InChI=1S/C23H18ClN3O2/c1-15(16-8-4-5-11-20(16)24)26-14-19-17-9-2-3-10-18(17)22(28)27(23(19)29)21-12-6-7-13-25-21/h2-15,19H,1H3/t15-,19?/m1/s1. The first-order valence-corrected chi connectivity index (χ1v) is 9.61. The number of hydrogen-bond donors (Lipinski definition) is 0. The molecule has 0 saturated carbocycles. The van der Waals surface area contributed by atoms with Crippen molar-refractivity contribution in [3.8, 4) is 0 Å². The van der Waals surface area contributed by atoms with Gasteiger partial charge in [0.25, 0.3) is 5.91 Å². The Balaban J connectivity index is 1.73. The van der Waals surface area contributed by atoms with E-state index in [1.165, 1.54) is 0 Å². The van der Waals surface area contributed by atoms with Crippen LogP contribution in [0.15, 0.2) is 77.9 Å². The van der Waals surface area contributed by atoms with Gasteiger partial charge in [-0.25, -0.2) is 9.88 Å². The maximum Gasteiger partial charge on any atom is 0.266 e. The molecule has 144 valence electrons. The third-order valence-electron chi connectivity index (χ3n) is 4.91. The number of aliphatic imine (C=N–C) groups is 1. The smallest absolute Gasteiger partial charge is 0.266 e. The Morgan fingerprint density at radius 2 is 1.76 bits per heavy atom. The predicted octanol–water partition coefficient (Wildman–Crippen LogP) is 4.84. The number of hydrogen-bond acceptors (Lipinski definition) is 4. The second-order valence-electron chi connectivity index (χ2n) is 6.73. The summed E-state index contributed by atoms with van der Waals surface area (Å²) in [7, 11) is 0. The molecule has 6 heteroatoms. The van der Waals surface area contributed by atoms with E-state index >= 15 is 0 Å². The number of halogens is 1. The summed E-state index contributed by atoms with van der Waals surface area (Å²) in [6, 6.07) is 19.5. The first-order valence-electron chi connectivity index (χ1n) is 9.24. The molecule has 0 spiro atoms. The molecule has 2 aromatic carbocycles. The molecule has 0 bridgehead atoms. The normalized spacial score (nSPS) is 17.4. The number of rotatable bonds is 4. The number of amides is 2. The van der Waals surface area contributed by atoms with Gasteiger partial charge in [0.05, 0.1) is 12.0 Å². The molecule has 1 aliphatic heterocycles. The fourth-order valence-corrected chi connectivity index (χ4v) is 3.71. The van der Waals surface area contributed by atoms with E-state index in [2.05, 4.69) is 9.98 Å². The Hall–Kier alpha value is -3.31. The zero-order chi connectivity index (χ0) is 20.4. The van der Waals surface area contributed by atoms with E-state index in [0.29, 0.717) is 22.0 Å². The highest BCUT2D eigenvalue weighted by molar-refractivity contribution is 6.31. The lowest BCUT2D eigenvalue weighted by atomic mass is 9.89. The van der Waals surface area contributed by atoms with Crippen molar-refractivity contribution in [1.82, 2.24) is 4.98 Å². The molecule has 29 heavy (non-hydrogen) atoms. The van der Waals surface area contributed by atoms with Gasteiger partial charge >= 0.3 is 0 Å². The maximum atomic E-state index is 13.3. The Bertz CT molecular complexity index is 1100. The first kappa shape index (κ1) is 19.0. The molecule has 2 atom stereocenters. The summed E-state index contributed by atoms with van der Waals surface area (Å²) in [5.41, 5.74) is 1.99. The van der Waals surface area contributed by atoms with Crippen LogP contribution in [-0.4, -0.2) is 23.0 Å². The monoisotopic (exact) mass is 403 g/mol. The van der Waals surface area contributed by atoms with E-state index in [4.69, 9.17) is 11.6 Å². The highest BCUT2D eigenvalue weighted by Gasteiger charge is 2.39. The number of pyridine rings is 1. The van der Waals surface area contributed by atoms with Crippen molar-refractivity contribution in [2.75, 3.05) is 4.90 Å². The van der Waals surface area contributed by atoms with Gasteiger partial charge in [0.1, 0.15) is 5.82 Å². The number of aromatic nitrogens is 1. The third kappa shape index (κ3) is 3.57. The third-order valence-corrected chi connectivity index (χ3v) is 5.25. The van der Waals surface area contributed by atoms with Gasteiger partial charge in [-0.2, -0.15) is 0 Å². The number of nitrogens with zero attached hydrogens (tertiary/aromatic N) is 3. The van der Waals surface area contributed by atoms with Crippen LogP contribution in [-0.2, 0) is 4.79 Å². The van der Waals surface area contributed by atoms with Gasteiger partial charge in [0.2, 0.25) is 5.91 Å². The minimum absolute atomic E-state index is 0.232. The lowest BCUT2D eigenvalue weighted by Crippen LogP contribution is -2.46. The van der Waals surface area contributed by atoms with Crippen LogP contribution in [0.2, 0.25) is 5.02 Å². The molecule has 1 unspecified atom stereocenters. The van der Waals surface area contributed by atoms with Crippen LogP contribution < -0.4 is 4.90 Å². The fourth-order valence-electron chi connectivity index (χ4n) is 3.41. The summed E-state index contributed by atoms with van der Waals surface area (Å²) < 4.78 is 0. The van der Waals surface area contributed by atoms with Gasteiger partial charge in [-0.3, -0.25) is 14.6 Å². The van der Waals surface area contributed by atoms with Gasteiger partial charge in [-0.1, -0.05) is 54.1 Å². The summed E-state index contributed by atoms with van der Waals surface area (Å²) in [5.74, 6) is -1.14. The summed E-state index contributed by atoms with van der Waals surface area (Å²) in [6.07, 6.45) is 3.16. The van der Waals surface area contributed by atoms with Crippen LogP contribution in [0.25, 0.3) is 0 Å². The summed E-state index contributed by atoms with van der Waals surface area (Å²) >= 11 is 6.27. The highest BCUT2D eigenvalue weighted by atomic mass is 35.5. The quantitative estimate of drug-likeness (QED) is 0.462. The van der Waals surface area contributed by atoms with Crippen molar-refractivity contribution in [2.24, 2.45) is 4.99 Å². The van der Waals surface area contributed by atoms with E-state index < -0.39 is 5.92 Å². The Kier molecular flexibility index (Phi) is 5.23. The van der Waals surface area contributed by atoms with Crippen molar-refractivity contribution in [1.29, 1.82) is 0 Å². The zero-order valence-corrected chi connectivity index (χ0v) is 16.5. The highest BCUT2D eigenvalue weighted by Crippen LogP contribution is 2.32. The molecule has 3 aromatic rings. The molecule has 1 aromatic heterocycles. The predicted molar refractivity (Wildman–Crippen MR) is 114 cm³/mol. The molecule has 5 nitrogen and oxygen atoms in total. The van der Waals surface area contributed by atoms with Gasteiger partial charge < -0.3 is 0 Å². The molecule has 0 saturated heterocycles. The lowest BCUT2D eigenvalue weighted by molar-refractivity contribution is -0.118.